The molecule has 0 aliphatic rings. The van der Waals surface area contributed by atoms with Crippen molar-refractivity contribution >= 4 is 17.8 Å². The summed E-state index contributed by atoms with van der Waals surface area (Å²) < 4.78 is 0. The lowest BCUT2D eigenvalue weighted by Gasteiger charge is -2.23. The Morgan fingerprint density at radius 3 is 2.40 bits per heavy atom. The van der Waals surface area contributed by atoms with E-state index in [2.05, 4.69) is 20.6 Å². The first-order valence-corrected chi connectivity index (χ1v) is 6.47. The molecule has 0 spiro atoms. The number of rotatable bonds is 6. The molecule has 0 radical (unpaired) electrons. The van der Waals surface area contributed by atoms with Crippen molar-refractivity contribution in [1.82, 2.24) is 20.2 Å². The van der Waals surface area contributed by atoms with Crippen molar-refractivity contribution < 1.29 is 9.59 Å². The second-order valence-electron chi connectivity index (χ2n) is 4.87. The summed E-state index contributed by atoms with van der Waals surface area (Å²) in [6.07, 6.45) is 3.10. The standard InChI is InChI=1S/C13H21N5O2/c1-9(2)16-11(19)8-18(4)10(3)12(20)17-13-14-6-5-7-15-13/h5-7,9-10H,8H2,1-4H3,(H,16,19)(H,14,15,17,20)/t10-/m1/s1. The molecule has 20 heavy (non-hydrogen) atoms. The molecule has 7 nitrogen and oxygen atoms in total. The van der Waals surface area contributed by atoms with Gasteiger partial charge in [0.15, 0.2) is 0 Å². The monoisotopic (exact) mass is 279 g/mol. The smallest absolute Gasteiger partial charge is 0.243 e. The fourth-order valence-corrected chi connectivity index (χ4v) is 1.51. The summed E-state index contributed by atoms with van der Waals surface area (Å²) >= 11 is 0. The Bertz CT molecular complexity index is 449. The van der Waals surface area contributed by atoms with Gasteiger partial charge in [-0.1, -0.05) is 0 Å². The van der Waals surface area contributed by atoms with Gasteiger partial charge in [-0.25, -0.2) is 9.97 Å². The zero-order chi connectivity index (χ0) is 15.1. The molecule has 1 atom stereocenters. The fourth-order valence-electron chi connectivity index (χ4n) is 1.51. The van der Waals surface area contributed by atoms with Crippen molar-refractivity contribution in [2.75, 3.05) is 18.9 Å². The third-order valence-electron chi connectivity index (χ3n) is 2.68. The van der Waals surface area contributed by atoms with Gasteiger partial charge in [0.1, 0.15) is 0 Å². The minimum absolute atomic E-state index is 0.0813. The van der Waals surface area contributed by atoms with Crippen LogP contribution in [0.15, 0.2) is 18.5 Å². The summed E-state index contributed by atoms with van der Waals surface area (Å²) in [5.41, 5.74) is 0. The summed E-state index contributed by atoms with van der Waals surface area (Å²) in [5.74, 6) is -0.112. The molecule has 0 saturated heterocycles. The van der Waals surface area contributed by atoms with Crippen LogP contribution in [0.1, 0.15) is 20.8 Å². The summed E-state index contributed by atoms with van der Waals surface area (Å²) in [6, 6.07) is 1.29. The molecule has 0 saturated carbocycles. The lowest BCUT2D eigenvalue weighted by atomic mass is 10.2. The molecule has 2 N–H and O–H groups in total. The maximum atomic E-state index is 12.0. The molecule has 1 aromatic heterocycles. The van der Waals surface area contributed by atoms with E-state index in [0.717, 1.165) is 0 Å². The average molecular weight is 279 g/mol. The zero-order valence-corrected chi connectivity index (χ0v) is 12.3. The molecular weight excluding hydrogens is 258 g/mol. The maximum absolute atomic E-state index is 12.0. The quantitative estimate of drug-likeness (QED) is 0.780. The van der Waals surface area contributed by atoms with Crippen LogP contribution in [0.2, 0.25) is 0 Å². The van der Waals surface area contributed by atoms with Crippen molar-refractivity contribution in [2.45, 2.75) is 32.9 Å². The van der Waals surface area contributed by atoms with Gasteiger partial charge in [0.25, 0.3) is 0 Å². The van der Waals surface area contributed by atoms with Gasteiger partial charge in [-0.15, -0.1) is 0 Å². The van der Waals surface area contributed by atoms with Crippen molar-refractivity contribution in [3.63, 3.8) is 0 Å². The third-order valence-corrected chi connectivity index (χ3v) is 2.68. The Morgan fingerprint density at radius 2 is 1.85 bits per heavy atom. The number of amides is 2. The third kappa shape index (κ3) is 5.31. The van der Waals surface area contributed by atoms with Crippen LogP contribution in [-0.2, 0) is 9.59 Å². The van der Waals surface area contributed by atoms with E-state index in [4.69, 9.17) is 0 Å². The van der Waals surface area contributed by atoms with Crippen LogP contribution < -0.4 is 10.6 Å². The maximum Gasteiger partial charge on any atom is 0.243 e. The lowest BCUT2D eigenvalue weighted by molar-refractivity contribution is -0.125. The minimum atomic E-state index is -0.461. The van der Waals surface area contributed by atoms with E-state index in [9.17, 15) is 9.59 Å². The van der Waals surface area contributed by atoms with Gasteiger partial charge in [-0.2, -0.15) is 0 Å². The first-order valence-electron chi connectivity index (χ1n) is 6.47. The molecule has 2 amide bonds. The molecule has 0 aliphatic carbocycles. The van der Waals surface area contributed by atoms with Gasteiger partial charge >= 0.3 is 0 Å². The van der Waals surface area contributed by atoms with Crippen LogP contribution in [-0.4, -0.2) is 52.4 Å². The summed E-state index contributed by atoms with van der Waals surface area (Å²) in [7, 11) is 1.72. The second-order valence-corrected chi connectivity index (χ2v) is 4.87. The van der Waals surface area contributed by atoms with Crippen LogP contribution >= 0.6 is 0 Å². The van der Waals surface area contributed by atoms with Crippen LogP contribution in [0.3, 0.4) is 0 Å². The number of carbonyl (C=O) groups is 2. The molecule has 0 unspecified atom stereocenters. The number of anilines is 1. The van der Waals surface area contributed by atoms with Gasteiger partial charge in [0, 0.05) is 18.4 Å². The topological polar surface area (TPSA) is 87.2 Å². The van der Waals surface area contributed by atoms with E-state index in [1.807, 2.05) is 13.8 Å². The van der Waals surface area contributed by atoms with E-state index in [1.165, 1.54) is 0 Å². The highest BCUT2D eigenvalue weighted by Crippen LogP contribution is 2.01. The zero-order valence-electron chi connectivity index (χ0n) is 12.3. The molecule has 1 heterocycles. The van der Waals surface area contributed by atoms with Crippen LogP contribution in [0.5, 0.6) is 0 Å². The fraction of sp³-hybridized carbons (Fsp3) is 0.538. The largest absolute Gasteiger partial charge is 0.353 e. The predicted molar refractivity (Wildman–Crippen MR) is 76.0 cm³/mol. The highest BCUT2D eigenvalue weighted by atomic mass is 16.2. The Labute approximate surface area is 118 Å². The van der Waals surface area contributed by atoms with E-state index in [1.54, 1.807) is 37.3 Å². The van der Waals surface area contributed by atoms with E-state index < -0.39 is 6.04 Å². The number of aromatic nitrogens is 2. The van der Waals surface area contributed by atoms with E-state index in [0.29, 0.717) is 0 Å². The van der Waals surface area contributed by atoms with Gasteiger partial charge < -0.3 is 5.32 Å². The van der Waals surface area contributed by atoms with Gasteiger partial charge in [-0.05, 0) is 33.9 Å². The van der Waals surface area contributed by atoms with Crippen LogP contribution in [0.25, 0.3) is 0 Å². The minimum Gasteiger partial charge on any atom is -0.353 e. The molecule has 0 aromatic carbocycles. The molecule has 0 bridgehead atoms. The molecule has 1 rings (SSSR count). The predicted octanol–water partition coefficient (Wildman–Crippen LogP) is 0.260. The number of hydrogen-bond donors (Lipinski definition) is 2. The molecular formula is C13H21N5O2. The number of carbonyl (C=O) groups excluding carboxylic acids is 2. The highest BCUT2D eigenvalue weighted by Gasteiger charge is 2.20. The first-order chi connectivity index (χ1) is 9.40. The van der Waals surface area contributed by atoms with E-state index in [-0.39, 0.29) is 30.3 Å². The molecule has 1 aromatic rings. The summed E-state index contributed by atoms with van der Waals surface area (Å²) in [6.45, 7) is 5.66. The van der Waals surface area contributed by atoms with Crippen molar-refractivity contribution in [1.29, 1.82) is 0 Å². The molecule has 0 aliphatic heterocycles. The normalized spacial score (nSPS) is 12.3. The van der Waals surface area contributed by atoms with Gasteiger partial charge in [0.05, 0.1) is 12.6 Å². The lowest BCUT2D eigenvalue weighted by Crippen LogP contribution is -2.46. The average Bonchev–Trinajstić information content (AvgIpc) is 2.37. The van der Waals surface area contributed by atoms with Gasteiger partial charge in [0.2, 0.25) is 17.8 Å². The number of likely N-dealkylation sites (N-methyl/N-ethyl adjacent to an activating group) is 1. The van der Waals surface area contributed by atoms with Crippen molar-refractivity contribution in [3.8, 4) is 0 Å². The van der Waals surface area contributed by atoms with Crippen molar-refractivity contribution in [2.24, 2.45) is 0 Å². The summed E-state index contributed by atoms with van der Waals surface area (Å²) in [4.78, 5) is 33.1. The summed E-state index contributed by atoms with van der Waals surface area (Å²) in [5, 5.41) is 5.38. The molecule has 0 fully saturated rings. The SMILES string of the molecule is CC(C)NC(=O)CN(C)[C@H](C)C(=O)Nc1ncccn1. The highest BCUT2D eigenvalue weighted by molar-refractivity contribution is 5.93. The number of nitrogens with zero attached hydrogens (tertiary/aromatic N) is 3. The Kier molecular flexibility index (Phi) is 6.05. The Balaban J connectivity index is 2.49. The van der Waals surface area contributed by atoms with Gasteiger partial charge in [-0.3, -0.25) is 19.8 Å². The molecule has 7 heteroatoms. The molecule has 110 valence electrons. The van der Waals surface area contributed by atoms with Crippen LogP contribution in [0.4, 0.5) is 5.95 Å². The Hall–Kier alpha value is -2.02. The number of nitrogens with one attached hydrogen (secondary N) is 2. The number of hydrogen-bond acceptors (Lipinski definition) is 5. The van der Waals surface area contributed by atoms with Crippen LogP contribution in [0, 0.1) is 0 Å². The Morgan fingerprint density at radius 1 is 1.25 bits per heavy atom. The van der Waals surface area contributed by atoms with E-state index >= 15 is 0 Å². The second kappa shape index (κ2) is 7.54. The first kappa shape index (κ1) is 16.0. The van der Waals surface area contributed by atoms with Crippen molar-refractivity contribution in [3.05, 3.63) is 18.5 Å².